The van der Waals surface area contributed by atoms with Gasteiger partial charge in [-0.15, -0.1) is 0 Å². The van der Waals surface area contributed by atoms with Crippen molar-refractivity contribution in [2.45, 2.75) is 6.42 Å². The van der Waals surface area contributed by atoms with E-state index in [2.05, 4.69) is 5.32 Å². The molecule has 2 atom stereocenters. The Hall–Kier alpha value is -0.570. The number of amides is 1. The number of hydrogen-bond acceptors (Lipinski definition) is 2. The molecule has 1 saturated carbocycles. The van der Waals surface area contributed by atoms with E-state index in [9.17, 15) is 4.79 Å². The molecule has 0 aromatic heterocycles. The van der Waals surface area contributed by atoms with Crippen LogP contribution in [0.3, 0.4) is 0 Å². The predicted octanol–water partition coefficient (Wildman–Crippen LogP) is -0.639. The van der Waals surface area contributed by atoms with Crippen molar-refractivity contribution in [1.29, 1.82) is 0 Å². The fourth-order valence-corrected chi connectivity index (χ4v) is 0.956. The molecule has 52 valence electrons. The number of rotatable bonds is 2. The van der Waals surface area contributed by atoms with Crippen LogP contribution in [0.4, 0.5) is 0 Å². The highest BCUT2D eigenvalue weighted by molar-refractivity contribution is 5.81. The average Bonchev–Trinajstić information content (AvgIpc) is 2.64. The first-order valence-corrected chi connectivity index (χ1v) is 3.12. The summed E-state index contributed by atoms with van der Waals surface area (Å²) in [5.41, 5.74) is 0. The fourth-order valence-electron chi connectivity index (χ4n) is 0.956. The molecule has 1 aliphatic carbocycles. The molecule has 9 heavy (non-hydrogen) atoms. The second-order valence-corrected chi connectivity index (χ2v) is 2.40. The van der Waals surface area contributed by atoms with Crippen LogP contribution in [-0.2, 0) is 4.79 Å². The van der Waals surface area contributed by atoms with Crippen molar-refractivity contribution in [1.82, 2.24) is 5.32 Å². The fraction of sp³-hybridized carbons (Fsp3) is 0.833. The highest BCUT2D eigenvalue weighted by Crippen LogP contribution is 2.37. The van der Waals surface area contributed by atoms with Crippen molar-refractivity contribution < 1.29 is 9.90 Å². The highest BCUT2D eigenvalue weighted by atomic mass is 16.3. The molecule has 1 fully saturated rings. The maximum Gasteiger partial charge on any atom is 0.223 e. The van der Waals surface area contributed by atoms with Crippen LogP contribution >= 0.6 is 0 Å². The monoisotopic (exact) mass is 129 g/mol. The Morgan fingerprint density at radius 2 is 2.56 bits per heavy atom. The van der Waals surface area contributed by atoms with Crippen molar-refractivity contribution in [3.8, 4) is 0 Å². The zero-order valence-corrected chi connectivity index (χ0v) is 5.42. The summed E-state index contributed by atoms with van der Waals surface area (Å²) in [6.07, 6.45) is 0.857. The van der Waals surface area contributed by atoms with Gasteiger partial charge in [0, 0.05) is 19.6 Å². The van der Waals surface area contributed by atoms with Gasteiger partial charge in [-0.05, 0) is 12.3 Å². The molecule has 2 unspecified atom stereocenters. The Labute approximate surface area is 54.1 Å². The molecule has 0 bridgehead atoms. The molecule has 3 nitrogen and oxygen atoms in total. The minimum Gasteiger partial charge on any atom is -0.396 e. The van der Waals surface area contributed by atoms with Gasteiger partial charge < -0.3 is 10.4 Å². The largest absolute Gasteiger partial charge is 0.396 e. The molecule has 0 aliphatic heterocycles. The van der Waals surface area contributed by atoms with Crippen LogP contribution in [0.1, 0.15) is 6.42 Å². The highest BCUT2D eigenvalue weighted by Gasteiger charge is 2.41. The summed E-state index contributed by atoms with van der Waals surface area (Å²) >= 11 is 0. The van der Waals surface area contributed by atoms with E-state index in [1.807, 2.05) is 0 Å². The van der Waals surface area contributed by atoms with E-state index < -0.39 is 0 Å². The van der Waals surface area contributed by atoms with Gasteiger partial charge in [0.15, 0.2) is 0 Å². The molecular weight excluding hydrogens is 118 g/mol. The Morgan fingerprint density at radius 1 is 1.89 bits per heavy atom. The van der Waals surface area contributed by atoms with E-state index in [0.717, 1.165) is 6.42 Å². The quantitative estimate of drug-likeness (QED) is 0.521. The van der Waals surface area contributed by atoms with Gasteiger partial charge in [-0.2, -0.15) is 0 Å². The summed E-state index contributed by atoms with van der Waals surface area (Å²) in [5.74, 6) is 0.402. The molecule has 0 aromatic rings. The van der Waals surface area contributed by atoms with Gasteiger partial charge in [0.2, 0.25) is 5.91 Å². The summed E-state index contributed by atoms with van der Waals surface area (Å²) in [4.78, 5) is 10.7. The van der Waals surface area contributed by atoms with Crippen molar-refractivity contribution in [2.75, 3.05) is 13.7 Å². The first kappa shape index (κ1) is 6.55. The van der Waals surface area contributed by atoms with Crippen molar-refractivity contribution in [3.05, 3.63) is 0 Å². The summed E-state index contributed by atoms with van der Waals surface area (Å²) in [5, 5.41) is 11.1. The number of hydrogen-bond donors (Lipinski definition) is 2. The molecule has 0 spiro atoms. The van der Waals surface area contributed by atoms with Gasteiger partial charge in [0.1, 0.15) is 0 Å². The van der Waals surface area contributed by atoms with Crippen molar-refractivity contribution in [3.63, 3.8) is 0 Å². The molecule has 0 radical (unpaired) electrons. The molecule has 3 heteroatoms. The average molecular weight is 129 g/mol. The topological polar surface area (TPSA) is 49.3 Å². The number of carbonyl (C=O) groups is 1. The minimum absolute atomic E-state index is 0.0639. The van der Waals surface area contributed by atoms with Crippen LogP contribution in [0.2, 0.25) is 0 Å². The minimum atomic E-state index is 0.0639. The molecule has 1 rings (SSSR count). The SMILES string of the molecule is CNC(=O)C1CC1CO. The normalized spacial score (nSPS) is 31.8. The van der Waals surface area contributed by atoms with Gasteiger partial charge >= 0.3 is 0 Å². The third-order valence-corrected chi connectivity index (χ3v) is 1.74. The number of aliphatic hydroxyl groups excluding tert-OH is 1. The van der Waals surface area contributed by atoms with Crippen LogP contribution in [0.15, 0.2) is 0 Å². The number of nitrogens with one attached hydrogen (secondary N) is 1. The Bertz CT molecular complexity index is 124. The van der Waals surface area contributed by atoms with Gasteiger partial charge in [-0.3, -0.25) is 4.79 Å². The van der Waals surface area contributed by atoms with Crippen molar-refractivity contribution in [2.24, 2.45) is 11.8 Å². The lowest BCUT2D eigenvalue weighted by molar-refractivity contribution is -0.122. The van der Waals surface area contributed by atoms with E-state index in [1.165, 1.54) is 0 Å². The summed E-state index contributed by atoms with van der Waals surface area (Å²) in [6.45, 7) is 0.151. The first-order valence-electron chi connectivity index (χ1n) is 3.12. The van der Waals surface area contributed by atoms with E-state index in [1.54, 1.807) is 7.05 Å². The summed E-state index contributed by atoms with van der Waals surface area (Å²) < 4.78 is 0. The Morgan fingerprint density at radius 3 is 2.89 bits per heavy atom. The smallest absolute Gasteiger partial charge is 0.223 e. The van der Waals surface area contributed by atoms with E-state index in [4.69, 9.17) is 5.11 Å². The first-order chi connectivity index (χ1) is 4.29. The molecule has 1 aliphatic rings. The van der Waals surface area contributed by atoms with E-state index in [0.29, 0.717) is 0 Å². The third-order valence-electron chi connectivity index (χ3n) is 1.74. The zero-order chi connectivity index (χ0) is 6.85. The molecule has 2 N–H and O–H groups in total. The van der Waals surface area contributed by atoms with Crippen LogP contribution in [0, 0.1) is 11.8 Å². The maximum atomic E-state index is 10.7. The molecular formula is C6H11NO2. The molecule has 0 aromatic carbocycles. The van der Waals surface area contributed by atoms with Gasteiger partial charge in [-0.1, -0.05) is 0 Å². The standard InChI is InChI=1S/C6H11NO2/c1-7-6(9)5-2-4(5)3-8/h4-5,8H,2-3H2,1H3,(H,7,9). The number of carbonyl (C=O) groups excluding carboxylic acids is 1. The van der Waals surface area contributed by atoms with E-state index >= 15 is 0 Å². The Kier molecular flexibility index (Phi) is 1.71. The predicted molar refractivity (Wildman–Crippen MR) is 32.7 cm³/mol. The van der Waals surface area contributed by atoms with Crippen LogP contribution in [-0.4, -0.2) is 24.7 Å². The second kappa shape index (κ2) is 2.35. The van der Waals surface area contributed by atoms with Crippen LogP contribution in [0.25, 0.3) is 0 Å². The lowest BCUT2D eigenvalue weighted by atomic mass is 10.3. The van der Waals surface area contributed by atoms with Gasteiger partial charge in [-0.25, -0.2) is 0 Å². The van der Waals surface area contributed by atoms with E-state index in [-0.39, 0.29) is 24.3 Å². The van der Waals surface area contributed by atoms with Gasteiger partial charge in [0.05, 0.1) is 0 Å². The third kappa shape index (κ3) is 1.21. The molecule has 1 amide bonds. The van der Waals surface area contributed by atoms with Crippen LogP contribution in [0.5, 0.6) is 0 Å². The van der Waals surface area contributed by atoms with Gasteiger partial charge in [0.25, 0.3) is 0 Å². The number of aliphatic hydroxyl groups is 1. The molecule has 0 saturated heterocycles. The van der Waals surface area contributed by atoms with Crippen LogP contribution < -0.4 is 5.32 Å². The molecule has 0 heterocycles. The summed E-state index contributed by atoms with van der Waals surface area (Å²) in [6, 6.07) is 0. The Balaban J connectivity index is 2.25. The van der Waals surface area contributed by atoms with Crippen molar-refractivity contribution >= 4 is 5.91 Å². The summed E-state index contributed by atoms with van der Waals surface area (Å²) in [7, 11) is 1.62. The lowest BCUT2D eigenvalue weighted by Gasteiger charge is -1.93. The maximum absolute atomic E-state index is 10.7. The zero-order valence-electron chi connectivity index (χ0n) is 5.42. The second-order valence-electron chi connectivity index (χ2n) is 2.40. The lowest BCUT2D eigenvalue weighted by Crippen LogP contribution is -2.20.